The lowest BCUT2D eigenvalue weighted by molar-refractivity contribution is 0.401. The van der Waals surface area contributed by atoms with Crippen molar-refractivity contribution in [3.8, 4) is 11.6 Å². The first-order valence-electron chi connectivity index (χ1n) is 6.14. The minimum Gasteiger partial charge on any atom is -0.508 e. The lowest BCUT2D eigenvalue weighted by atomic mass is 10.1. The van der Waals surface area contributed by atoms with Crippen molar-refractivity contribution < 1.29 is 9.84 Å². The number of methoxy groups -OCH3 is 1. The van der Waals surface area contributed by atoms with Crippen LogP contribution in [0.4, 0.5) is 22.9 Å². The van der Waals surface area contributed by atoms with E-state index in [-0.39, 0.29) is 5.75 Å². The van der Waals surface area contributed by atoms with Gasteiger partial charge in [-0.3, -0.25) is 0 Å². The number of rotatable bonds is 4. The number of pyridine rings is 1. The van der Waals surface area contributed by atoms with Gasteiger partial charge in [-0.1, -0.05) is 6.07 Å². The smallest absolute Gasteiger partial charge is 0.239 e. The molecule has 5 N–H and O–H groups in total. The molecule has 0 aliphatic carbocycles. The van der Waals surface area contributed by atoms with Gasteiger partial charge in [-0.15, -0.1) is 0 Å². The summed E-state index contributed by atoms with van der Waals surface area (Å²) in [4.78, 5) is 4.27. The number of ether oxygens (including phenoxy) is 1. The van der Waals surface area contributed by atoms with Crippen LogP contribution in [-0.4, -0.2) is 24.2 Å². The van der Waals surface area contributed by atoms with Crippen LogP contribution in [0.25, 0.3) is 0 Å². The van der Waals surface area contributed by atoms with E-state index in [9.17, 15) is 5.11 Å². The largest absolute Gasteiger partial charge is 0.508 e. The highest BCUT2D eigenvalue weighted by Gasteiger charge is 2.11. The molecule has 0 radical (unpaired) electrons. The summed E-state index contributed by atoms with van der Waals surface area (Å²) in [7, 11) is 3.28. The predicted molar refractivity (Wildman–Crippen MR) is 80.9 cm³/mol. The van der Waals surface area contributed by atoms with Crippen LogP contribution in [0.1, 0.15) is 5.56 Å². The Kier molecular flexibility index (Phi) is 3.84. The fraction of sp³-hybridized carbons (Fsp3) is 0.214. The van der Waals surface area contributed by atoms with Crippen molar-refractivity contribution in [1.82, 2.24) is 4.98 Å². The highest BCUT2D eigenvalue weighted by atomic mass is 16.5. The molecule has 2 rings (SSSR count). The Morgan fingerprint density at radius 2 is 2.05 bits per heavy atom. The fourth-order valence-corrected chi connectivity index (χ4v) is 1.86. The summed E-state index contributed by atoms with van der Waals surface area (Å²) in [6, 6.07) is 6.99. The maximum atomic E-state index is 9.72. The molecule has 1 aromatic carbocycles. The Balaban J connectivity index is 2.42. The van der Waals surface area contributed by atoms with Crippen molar-refractivity contribution in [2.45, 2.75) is 6.92 Å². The molecule has 0 amide bonds. The summed E-state index contributed by atoms with van der Waals surface area (Å²) in [5.41, 5.74) is 8.56. The van der Waals surface area contributed by atoms with Gasteiger partial charge in [0.2, 0.25) is 5.88 Å². The van der Waals surface area contributed by atoms with Crippen LogP contribution in [0, 0.1) is 6.92 Å². The number of nitrogens with zero attached hydrogens (tertiary/aromatic N) is 1. The lowest BCUT2D eigenvalue weighted by Gasteiger charge is -2.15. The van der Waals surface area contributed by atoms with Crippen molar-refractivity contribution in [3.05, 3.63) is 29.8 Å². The van der Waals surface area contributed by atoms with Gasteiger partial charge in [0, 0.05) is 18.3 Å². The van der Waals surface area contributed by atoms with Crippen molar-refractivity contribution >= 4 is 22.9 Å². The second-order valence-electron chi connectivity index (χ2n) is 4.31. The van der Waals surface area contributed by atoms with Gasteiger partial charge in [0.05, 0.1) is 12.8 Å². The molecule has 0 atom stereocenters. The minimum atomic E-state index is 0.224. The SMILES string of the molecule is CNc1nc(OC)c(Nc2cccc(O)c2C)cc1N. The molecular formula is C14H18N4O2. The molecule has 6 nitrogen and oxygen atoms in total. The number of benzene rings is 1. The molecule has 2 aromatic rings. The third-order valence-electron chi connectivity index (χ3n) is 3.02. The van der Waals surface area contributed by atoms with Gasteiger partial charge in [-0.2, -0.15) is 4.98 Å². The summed E-state index contributed by atoms with van der Waals surface area (Å²) < 4.78 is 5.25. The summed E-state index contributed by atoms with van der Waals surface area (Å²) >= 11 is 0. The second-order valence-corrected chi connectivity index (χ2v) is 4.31. The predicted octanol–water partition coefficient (Wildman–Crippen LogP) is 2.47. The molecule has 0 spiro atoms. The average Bonchev–Trinajstić information content (AvgIpc) is 2.44. The van der Waals surface area contributed by atoms with Crippen LogP contribution in [0.15, 0.2) is 24.3 Å². The van der Waals surface area contributed by atoms with Crippen LogP contribution in [0.2, 0.25) is 0 Å². The molecule has 1 heterocycles. The van der Waals surface area contributed by atoms with E-state index in [2.05, 4.69) is 15.6 Å². The van der Waals surface area contributed by atoms with Gasteiger partial charge >= 0.3 is 0 Å². The summed E-state index contributed by atoms with van der Waals surface area (Å²) in [6.07, 6.45) is 0. The second kappa shape index (κ2) is 5.56. The van der Waals surface area contributed by atoms with E-state index < -0.39 is 0 Å². The molecule has 0 bridgehead atoms. The molecule has 106 valence electrons. The maximum Gasteiger partial charge on any atom is 0.239 e. The quantitative estimate of drug-likeness (QED) is 0.684. The number of nitrogens with one attached hydrogen (secondary N) is 2. The summed E-state index contributed by atoms with van der Waals surface area (Å²) in [5, 5.41) is 15.8. The lowest BCUT2D eigenvalue weighted by Crippen LogP contribution is -2.04. The third-order valence-corrected chi connectivity index (χ3v) is 3.02. The Labute approximate surface area is 117 Å². The first kappa shape index (κ1) is 13.8. The van der Waals surface area contributed by atoms with E-state index >= 15 is 0 Å². The van der Waals surface area contributed by atoms with Gasteiger partial charge in [-0.05, 0) is 25.1 Å². The maximum absolute atomic E-state index is 9.72. The topological polar surface area (TPSA) is 92.4 Å². The normalized spacial score (nSPS) is 10.2. The Bertz CT molecular complexity index is 629. The molecule has 0 fully saturated rings. The number of phenols is 1. The zero-order valence-corrected chi connectivity index (χ0v) is 11.7. The monoisotopic (exact) mass is 274 g/mol. The number of nitrogens with two attached hydrogens (primary N) is 1. The summed E-state index contributed by atoms with van der Waals surface area (Å²) in [5.74, 6) is 1.20. The van der Waals surface area contributed by atoms with E-state index in [4.69, 9.17) is 10.5 Å². The van der Waals surface area contributed by atoms with Crippen LogP contribution >= 0.6 is 0 Å². The molecule has 0 saturated heterocycles. The molecule has 6 heteroatoms. The van der Waals surface area contributed by atoms with Gasteiger partial charge < -0.3 is 26.2 Å². The van der Waals surface area contributed by atoms with E-state index in [1.807, 2.05) is 13.0 Å². The molecule has 0 unspecified atom stereocenters. The van der Waals surface area contributed by atoms with Crippen molar-refractivity contribution in [2.75, 3.05) is 30.5 Å². The molecule has 0 aliphatic rings. The number of nitrogen functional groups attached to an aromatic ring is 1. The minimum absolute atomic E-state index is 0.224. The van der Waals surface area contributed by atoms with E-state index in [0.29, 0.717) is 23.1 Å². The number of anilines is 4. The van der Waals surface area contributed by atoms with E-state index in [0.717, 1.165) is 11.3 Å². The fourth-order valence-electron chi connectivity index (χ4n) is 1.86. The first-order chi connectivity index (χ1) is 9.56. The number of aromatic nitrogens is 1. The zero-order valence-electron chi connectivity index (χ0n) is 11.7. The van der Waals surface area contributed by atoms with E-state index in [1.165, 1.54) is 0 Å². The van der Waals surface area contributed by atoms with Crippen molar-refractivity contribution in [3.63, 3.8) is 0 Å². The number of hydrogen-bond acceptors (Lipinski definition) is 6. The molecule has 0 aliphatic heterocycles. The van der Waals surface area contributed by atoms with Crippen molar-refractivity contribution in [2.24, 2.45) is 0 Å². The first-order valence-corrected chi connectivity index (χ1v) is 6.14. The average molecular weight is 274 g/mol. The van der Waals surface area contributed by atoms with Crippen LogP contribution < -0.4 is 21.1 Å². The number of aromatic hydroxyl groups is 1. The summed E-state index contributed by atoms with van der Waals surface area (Å²) in [6.45, 7) is 1.82. The highest BCUT2D eigenvalue weighted by molar-refractivity contribution is 5.76. The van der Waals surface area contributed by atoms with Crippen LogP contribution in [0.5, 0.6) is 11.6 Å². The van der Waals surface area contributed by atoms with Gasteiger partial charge in [0.25, 0.3) is 0 Å². The van der Waals surface area contributed by atoms with E-state index in [1.54, 1.807) is 32.4 Å². The highest BCUT2D eigenvalue weighted by Crippen LogP contribution is 2.34. The Hall–Kier alpha value is -2.63. The molecule has 1 aromatic heterocycles. The van der Waals surface area contributed by atoms with Gasteiger partial charge in [0.1, 0.15) is 11.4 Å². The van der Waals surface area contributed by atoms with Crippen molar-refractivity contribution in [1.29, 1.82) is 0 Å². The van der Waals surface area contributed by atoms with Gasteiger partial charge in [0.15, 0.2) is 5.82 Å². The molecule has 0 saturated carbocycles. The molecular weight excluding hydrogens is 256 g/mol. The van der Waals surface area contributed by atoms with Crippen LogP contribution in [-0.2, 0) is 0 Å². The zero-order chi connectivity index (χ0) is 14.7. The number of hydrogen-bond donors (Lipinski definition) is 4. The van der Waals surface area contributed by atoms with Crippen LogP contribution in [0.3, 0.4) is 0 Å². The Morgan fingerprint density at radius 1 is 1.30 bits per heavy atom. The number of phenolic OH excluding ortho intramolecular Hbond substituents is 1. The third kappa shape index (κ3) is 2.54. The molecule has 20 heavy (non-hydrogen) atoms. The Morgan fingerprint density at radius 3 is 2.70 bits per heavy atom. The standard InChI is InChI=1S/C14H18N4O2/c1-8-10(5-4-6-12(8)19)17-11-7-9(15)13(16-2)18-14(11)20-3/h4-7,17,19H,15H2,1-3H3,(H,16,18). The van der Waals surface area contributed by atoms with Gasteiger partial charge in [-0.25, -0.2) is 0 Å².